The number of sulfonamides is 1. The molecule has 3 amide bonds. The van der Waals surface area contributed by atoms with Gasteiger partial charge in [0.05, 0.1) is 15.6 Å². The van der Waals surface area contributed by atoms with Crippen LogP contribution in [0.25, 0.3) is 0 Å². The zero-order valence-electron chi connectivity index (χ0n) is 19.8. The number of amides is 3. The Morgan fingerprint density at radius 2 is 1.74 bits per heavy atom. The summed E-state index contributed by atoms with van der Waals surface area (Å²) in [7, 11) is -4.19. The van der Waals surface area contributed by atoms with E-state index in [1.807, 2.05) is 20.8 Å². The molecule has 1 N–H and O–H groups in total. The molecular formula is C24H27Cl2N3O5S. The molecule has 0 unspecified atom stereocenters. The number of hydrogen-bond donors (Lipinski definition) is 1. The lowest BCUT2D eigenvalue weighted by atomic mass is 10.1. The summed E-state index contributed by atoms with van der Waals surface area (Å²) >= 11 is 12.1. The average Bonchev–Trinajstić information content (AvgIpc) is 2.95. The van der Waals surface area contributed by atoms with Crippen molar-refractivity contribution in [2.24, 2.45) is 0 Å². The molecule has 11 heteroatoms. The van der Waals surface area contributed by atoms with Crippen LogP contribution in [0.15, 0.2) is 47.4 Å². The first-order chi connectivity index (χ1) is 16.3. The van der Waals surface area contributed by atoms with E-state index >= 15 is 0 Å². The first-order valence-corrected chi connectivity index (χ1v) is 13.2. The van der Waals surface area contributed by atoms with Crippen molar-refractivity contribution in [3.63, 3.8) is 0 Å². The highest BCUT2D eigenvalue weighted by molar-refractivity contribution is 7.90. The molecule has 2 aromatic carbocycles. The van der Waals surface area contributed by atoms with Gasteiger partial charge in [0.2, 0.25) is 11.8 Å². The second-order valence-electron chi connectivity index (χ2n) is 9.25. The predicted octanol–water partition coefficient (Wildman–Crippen LogP) is 3.86. The van der Waals surface area contributed by atoms with Crippen LogP contribution in [0.1, 0.15) is 50.0 Å². The Balaban J connectivity index is 1.96. The first kappa shape index (κ1) is 27.0. The van der Waals surface area contributed by atoms with Crippen molar-refractivity contribution in [2.75, 3.05) is 6.54 Å². The molecule has 188 valence electrons. The number of carbonyl (C=O) groups excluding carboxylic acids is 3. The van der Waals surface area contributed by atoms with Crippen LogP contribution < -0.4 is 5.32 Å². The number of carbonyl (C=O) groups is 3. The molecule has 1 atom stereocenters. The standard InChI is InChI=1S/C24H27Cl2N3O5S/c1-5-19(22(31)27-24(2,3)4)28(13-15-10-11-17(25)18(26)12-15)21(30)14-29-23(32)16-8-6-7-9-20(16)35(29,33)34/h6-12,19H,5,13-14H2,1-4H3,(H,27,31)/t19-/m1/s1. The molecule has 0 saturated heterocycles. The van der Waals surface area contributed by atoms with Gasteiger partial charge in [-0.15, -0.1) is 0 Å². The summed E-state index contributed by atoms with van der Waals surface area (Å²) in [6.07, 6.45) is 0.260. The second kappa shape index (κ2) is 10.2. The minimum atomic E-state index is -4.19. The Labute approximate surface area is 215 Å². The highest BCUT2D eigenvalue weighted by Gasteiger charge is 2.43. The first-order valence-electron chi connectivity index (χ1n) is 11.0. The summed E-state index contributed by atoms with van der Waals surface area (Å²) in [5.74, 6) is -1.88. The van der Waals surface area contributed by atoms with Crippen molar-refractivity contribution < 1.29 is 22.8 Å². The van der Waals surface area contributed by atoms with Crippen molar-refractivity contribution in [1.82, 2.24) is 14.5 Å². The van der Waals surface area contributed by atoms with Crippen molar-refractivity contribution >= 4 is 50.9 Å². The molecule has 0 fully saturated rings. The molecule has 0 spiro atoms. The fraction of sp³-hybridized carbons (Fsp3) is 0.375. The number of rotatable bonds is 7. The quantitative estimate of drug-likeness (QED) is 0.575. The van der Waals surface area contributed by atoms with E-state index in [2.05, 4.69) is 5.32 Å². The summed E-state index contributed by atoms with van der Waals surface area (Å²) in [5, 5.41) is 3.47. The number of fused-ring (bicyclic) bond motifs is 1. The Bertz CT molecular complexity index is 1270. The molecule has 35 heavy (non-hydrogen) atoms. The lowest BCUT2D eigenvalue weighted by Gasteiger charge is -2.33. The molecule has 1 aliphatic rings. The van der Waals surface area contributed by atoms with E-state index in [1.165, 1.54) is 23.1 Å². The molecule has 8 nitrogen and oxygen atoms in total. The highest BCUT2D eigenvalue weighted by atomic mass is 35.5. The van der Waals surface area contributed by atoms with Crippen LogP contribution in [0.4, 0.5) is 0 Å². The van der Waals surface area contributed by atoms with Gasteiger partial charge in [-0.05, 0) is 57.0 Å². The molecule has 1 heterocycles. The minimum Gasteiger partial charge on any atom is -0.350 e. The number of halogens is 2. The van der Waals surface area contributed by atoms with Crippen molar-refractivity contribution in [2.45, 2.75) is 57.1 Å². The summed E-state index contributed by atoms with van der Waals surface area (Å²) in [6, 6.07) is 9.68. The van der Waals surface area contributed by atoms with Gasteiger partial charge in [-0.25, -0.2) is 12.7 Å². The Hall–Kier alpha value is -2.62. The molecular weight excluding hydrogens is 513 g/mol. The van der Waals surface area contributed by atoms with Crippen LogP contribution in [-0.2, 0) is 26.2 Å². The Kier molecular flexibility index (Phi) is 7.83. The number of hydrogen-bond acceptors (Lipinski definition) is 5. The maximum Gasteiger partial charge on any atom is 0.269 e. The van der Waals surface area contributed by atoms with Crippen LogP contribution in [0, 0.1) is 0 Å². The van der Waals surface area contributed by atoms with E-state index in [0.29, 0.717) is 14.9 Å². The summed E-state index contributed by atoms with van der Waals surface area (Å²) < 4.78 is 26.5. The van der Waals surface area contributed by atoms with Gasteiger partial charge in [0.25, 0.3) is 15.9 Å². The maximum atomic E-state index is 13.5. The van der Waals surface area contributed by atoms with Gasteiger partial charge in [-0.2, -0.15) is 0 Å². The van der Waals surface area contributed by atoms with Crippen LogP contribution in [0.2, 0.25) is 10.0 Å². The monoisotopic (exact) mass is 539 g/mol. The summed E-state index contributed by atoms with van der Waals surface area (Å²) in [6.45, 7) is 6.41. The van der Waals surface area contributed by atoms with Crippen LogP contribution in [0.3, 0.4) is 0 Å². The van der Waals surface area contributed by atoms with Crippen LogP contribution in [0.5, 0.6) is 0 Å². The number of benzene rings is 2. The van der Waals surface area contributed by atoms with Gasteiger partial charge in [0.1, 0.15) is 17.5 Å². The molecule has 1 aliphatic heterocycles. The van der Waals surface area contributed by atoms with Gasteiger partial charge in [0.15, 0.2) is 0 Å². The maximum absolute atomic E-state index is 13.5. The normalized spacial score (nSPS) is 15.5. The van der Waals surface area contributed by atoms with Crippen molar-refractivity contribution in [1.29, 1.82) is 0 Å². The molecule has 0 bridgehead atoms. The SMILES string of the molecule is CC[C@H](C(=O)NC(C)(C)C)N(Cc1ccc(Cl)c(Cl)c1)C(=O)CN1C(=O)c2ccccc2S1(=O)=O. The van der Waals surface area contributed by atoms with Gasteiger partial charge in [-0.3, -0.25) is 14.4 Å². The smallest absolute Gasteiger partial charge is 0.269 e. The topological polar surface area (TPSA) is 104 Å². The van der Waals surface area contributed by atoms with E-state index in [-0.39, 0.29) is 28.4 Å². The van der Waals surface area contributed by atoms with E-state index in [9.17, 15) is 22.8 Å². The average molecular weight is 540 g/mol. The molecule has 0 radical (unpaired) electrons. The Morgan fingerprint density at radius 3 is 2.31 bits per heavy atom. The predicted molar refractivity (Wildman–Crippen MR) is 134 cm³/mol. The van der Waals surface area contributed by atoms with Gasteiger partial charge in [-0.1, -0.05) is 48.3 Å². The fourth-order valence-corrected chi connectivity index (χ4v) is 5.65. The zero-order valence-corrected chi connectivity index (χ0v) is 22.2. The lowest BCUT2D eigenvalue weighted by Crippen LogP contribution is -2.55. The van der Waals surface area contributed by atoms with Gasteiger partial charge in [0, 0.05) is 12.1 Å². The van der Waals surface area contributed by atoms with E-state index in [4.69, 9.17) is 23.2 Å². The molecule has 0 saturated carbocycles. The van der Waals surface area contributed by atoms with Crippen molar-refractivity contribution in [3.05, 3.63) is 63.6 Å². The third-order valence-corrected chi connectivity index (χ3v) is 7.94. The van der Waals surface area contributed by atoms with Crippen molar-refractivity contribution in [3.8, 4) is 0 Å². The van der Waals surface area contributed by atoms with E-state index in [0.717, 1.165) is 0 Å². The zero-order chi connectivity index (χ0) is 26.1. The van der Waals surface area contributed by atoms with Crippen LogP contribution in [-0.4, -0.2) is 53.5 Å². The van der Waals surface area contributed by atoms with Gasteiger partial charge < -0.3 is 10.2 Å². The number of nitrogens with one attached hydrogen (secondary N) is 1. The third-order valence-electron chi connectivity index (χ3n) is 5.41. The van der Waals surface area contributed by atoms with E-state index in [1.54, 1.807) is 31.2 Å². The van der Waals surface area contributed by atoms with E-state index < -0.39 is 45.9 Å². The second-order valence-corrected chi connectivity index (χ2v) is 11.9. The van der Waals surface area contributed by atoms with Gasteiger partial charge >= 0.3 is 0 Å². The molecule has 0 aromatic heterocycles. The number of nitrogens with zero attached hydrogens (tertiary/aromatic N) is 2. The molecule has 0 aliphatic carbocycles. The third kappa shape index (κ3) is 5.79. The summed E-state index contributed by atoms with van der Waals surface area (Å²) in [5.41, 5.74) is 0.0427. The Morgan fingerprint density at radius 1 is 1.09 bits per heavy atom. The lowest BCUT2D eigenvalue weighted by molar-refractivity contribution is -0.141. The minimum absolute atomic E-state index is 0.00819. The fourth-order valence-electron chi connectivity index (χ4n) is 3.81. The van der Waals surface area contributed by atoms with Crippen LogP contribution >= 0.6 is 23.2 Å². The summed E-state index contributed by atoms with van der Waals surface area (Å²) in [4.78, 5) is 40.6. The molecule has 3 rings (SSSR count). The molecule has 2 aromatic rings. The highest BCUT2D eigenvalue weighted by Crippen LogP contribution is 2.30. The largest absolute Gasteiger partial charge is 0.350 e.